The van der Waals surface area contributed by atoms with Gasteiger partial charge in [-0.25, -0.2) is 4.99 Å². The summed E-state index contributed by atoms with van der Waals surface area (Å²) in [6.45, 7) is 10.5. The molecule has 0 unspecified atom stereocenters. The average molecular weight is 532 g/mol. The Hall–Kier alpha value is -1.73. The van der Waals surface area contributed by atoms with Gasteiger partial charge >= 0.3 is 0 Å². The highest BCUT2D eigenvalue weighted by Gasteiger charge is 2.21. The molecule has 11 heteroatoms. The second-order valence-corrected chi connectivity index (χ2v) is 7.33. The lowest BCUT2D eigenvalue weighted by Gasteiger charge is -2.36. The molecule has 3 heterocycles. The van der Waals surface area contributed by atoms with Crippen molar-refractivity contribution in [3.8, 4) is 0 Å². The average Bonchev–Trinajstić information content (AvgIpc) is 3.27. The van der Waals surface area contributed by atoms with Crippen molar-refractivity contribution < 1.29 is 9.26 Å². The third-order valence-corrected chi connectivity index (χ3v) is 5.10. The van der Waals surface area contributed by atoms with E-state index in [-0.39, 0.29) is 24.0 Å². The Morgan fingerprint density at radius 3 is 2.60 bits per heavy atom. The number of nitrogens with zero attached hydrogens (tertiary/aromatic N) is 7. The zero-order valence-corrected chi connectivity index (χ0v) is 20.6. The molecule has 10 nitrogen and oxygen atoms in total. The lowest BCUT2D eigenvalue weighted by Crippen LogP contribution is -2.52. The van der Waals surface area contributed by atoms with Gasteiger partial charge in [0.15, 0.2) is 11.8 Å². The van der Waals surface area contributed by atoms with E-state index in [1.165, 1.54) is 0 Å². The van der Waals surface area contributed by atoms with E-state index < -0.39 is 0 Å². The molecule has 1 N–H and O–H groups in total. The predicted octanol–water partition coefficient (Wildman–Crippen LogP) is 1.34. The largest absolute Gasteiger partial charge is 0.385 e. The molecule has 0 aliphatic carbocycles. The van der Waals surface area contributed by atoms with Gasteiger partial charge in [0.1, 0.15) is 18.1 Å². The monoisotopic (exact) mass is 532 g/mol. The number of piperazine rings is 1. The van der Waals surface area contributed by atoms with Crippen LogP contribution in [-0.4, -0.2) is 82.1 Å². The lowest BCUT2D eigenvalue weighted by atomic mass is 10.3. The first-order valence-electron chi connectivity index (χ1n) is 10.1. The highest BCUT2D eigenvalue weighted by atomic mass is 127. The summed E-state index contributed by atoms with van der Waals surface area (Å²) in [5.74, 6) is 3.52. The van der Waals surface area contributed by atoms with Gasteiger partial charge in [0, 0.05) is 66.1 Å². The molecule has 0 saturated carbocycles. The molecular weight excluding hydrogens is 499 g/mol. The van der Waals surface area contributed by atoms with Crippen molar-refractivity contribution in [2.24, 2.45) is 12.0 Å². The number of guanidine groups is 1. The van der Waals surface area contributed by atoms with Crippen LogP contribution in [0.2, 0.25) is 0 Å². The van der Waals surface area contributed by atoms with Crippen molar-refractivity contribution in [2.75, 3.05) is 46.4 Å². The van der Waals surface area contributed by atoms with Gasteiger partial charge in [-0.3, -0.25) is 4.90 Å². The number of aromatic nitrogens is 4. The van der Waals surface area contributed by atoms with Gasteiger partial charge in [0.2, 0.25) is 0 Å². The summed E-state index contributed by atoms with van der Waals surface area (Å²) in [7, 11) is 3.69. The van der Waals surface area contributed by atoms with Gasteiger partial charge in [-0.05, 0) is 20.3 Å². The summed E-state index contributed by atoms with van der Waals surface area (Å²) in [6.07, 6.45) is 0.935. The van der Waals surface area contributed by atoms with E-state index in [0.29, 0.717) is 6.54 Å². The topological polar surface area (TPSA) is 96.8 Å². The molecule has 3 rings (SSSR count). The van der Waals surface area contributed by atoms with E-state index in [2.05, 4.69) is 30.5 Å². The number of nitrogens with one attached hydrogen (secondary N) is 1. The summed E-state index contributed by atoms with van der Waals surface area (Å²) in [6, 6.07) is 2.00. The van der Waals surface area contributed by atoms with Gasteiger partial charge < -0.3 is 24.0 Å². The highest BCUT2D eigenvalue weighted by molar-refractivity contribution is 14.0. The van der Waals surface area contributed by atoms with Crippen molar-refractivity contribution >= 4 is 29.9 Å². The SMILES string of the molecule is COCCCNC(=NCc1nnc(C)n1C)N1CCN(Cc2cc(C)on2)CC1.I. The molecule has 168 valence electrons. The fraction of sp³-hybridized carbons (Fsp3) is 0.684. The Morgan fingerprint density at radius 2 is 2.00 bits per heavy atom. The number of aryl methyl sites for hydroxylation is 2. The van der Waals surface area contributed by atoms with Crippen LogP contribution in [0, 0.1) is 13.8 Å². The second-order valence-electron chi connectivity index (χ2n) is 7.33. The van der Waals surface area contributed by atoms with E-state index in [9.17, 15) is 0 Å². The van der Waals surface area contributed by atoms with Crippen LogP contribution in [0.15, 0.2) is 15.6 Å². The van der Waals surface area contributed by atoms with Crippen LogP contribution >= 0.6 is 24.0 Å². The molecule has 2 aromatic rings. The molecule has 0 bridgehead atoms. The number of hydrogen-bond acceptors (Lipinski definition) is 7. The van der Waals surface area contributed by atoms with E-state index in [1.54, 1.807) is 7.11 Å². The van der Waals surface area contributed by atoms with Crippen LogP contribution in [0.5, 0.6) is 0 Å². The van der Waals surface area contributed by atoms with Crippen LogP contribution in [0.4, 0.5) is 0 Å². The van der Waals surface area contributed by atoms with E-state index in [4.69, 9.17) is 14.3 Å². The second kappa shape index (κ2) is 12.2. The number of aliphatic imine (C=N–C) groups is 1. The summed E-state index contributed by atoms with van der Waals surface area (Å²) >= 11 is 0. The molecule has 0 radical (unpaired) electrons. The van der Waals surface area contributed by atoms with Crippen LogP contribution < -0.4 is 5.32 Å². The van der Waals surface area contributed by atoms with E-state index in [1.807, 2.05) is 31.5 Å². The highest BCUT2D eigenvalue weighted by Crippen LogP contribution is 2.10. The number of halogens is 1. The fourth-order valence-electron chi connectivity index (χ4n) is 3.26. The maximum atomic E-state index is 5.18. The lowest BCUT2D eigenvalue weighted by molar-refractivity contribution is 0.168. The molecule has 0 atom stereocenters. The fourth-order valence-corrected chi connectivity index (χ4v) is 3.26. The molecular formula is C19H33IN8O2. The number of ether oxygens (including phenoxy) is 1. The minimum atomic E-state index is 0. The van der Waals surface area contributed by atoms with Gasteiger partial charge in [-0.2, -0.15) is 0 Å². The molecule has 0 spiro atoms. The number of rotatable bonds is 8. The van der Waals surface area contributed by atoms with Gasteiger partial charge in [0.25, 0.3) is 0 Å². The van der Waals surface area contributed by atoms with Gasteiger partial charge in [-0.15, -0.1) is 34.2 Å². The molecule has 1 aliphatic heterocycles. The maximum Gasteiger partial charge on any atom is 0.194 e. The van der Waals surface area contributed by atoms with Crippen molar-refractivity contribution in [1.82, 2.24) is 35.0 Å². The van der Waals surface area contributed by atoms with Crippen LogP contribution in [0.1, 0.15) is 29.5 Å². The molecule has 30 heavy (non-hydrogen) atoms. The normalized spacial score (nSPS) is 15.3. The number of methoxy groups -OCH3 is 1. The number of hydrogen-bond donors (Lipinski definition) is 1. The van der Waals surface area contributed by atoms with Gasteiger partial charge in [0.05, 0.1) is 5.69 Å². The summed E-state index contributed by atoms with van der Waals surface area (Å²) in [5.41, 5.74) is 0.986. The molecule has 2 aromatic heterocycles. The van der Waals surface area contributed by atoms with Crippen molar-refractivity contribution in [2.45, 2.75) is 33.4 Å². The molecule has 1 fully saturated rings. The molecule has 1 saturated heterocycles. The van der Waals surface area contributed by atoms with E-state index in [0.717, 1.165) is 81.4 Å². The van der Waals surface area contributed by atoms with Crippen molar-refractivity contribution in [1.29, 1.82) is 0 Å². The summed E-state index contributed by atoms with van der Waals surface area (Å²) in [4.78, 5) is 9.52. The third kappa shape index (κ3) is 6.91. The predicted molar refractivity (Wildman–Crippen MR) is 125 cm³/mol. The Morgan fingerprint density at radius 1 is 1.23 bits per heavy atom. The first-order chi connectivity index (χ1) is 14.1. The van der Waals surface area contributed by atoms with Crippen LogP contribution in [0.3, 0.4) is 0 Å². The standard InChI is InChI=1S/C19H32N8O2.HI/c1-15-12-17(24-29-15)14-26-7-9-27(10-8-26)19(20-6-5-11-28-4)21-13-18-23-22-16(2)25(18)3;/h12H,5-11,13-14H2,1-4H3,(H,20,21);1H. The van der Waals surface area contributed by atoms with Crippen molar-refractivity contribution in [3.05, 3.63) is 29.2 Å². The Balaban J connectivity index is 0.00000320. The maximum absolute atomic E-state index is 5.18. The first kappa shape index (κ1) is 24.5. The van der Waals surface area contributed by atoms with E-state index >= 15 is 0 Å². The summed E-state index contributed by atoms with van der Waals surface area (Å²) in [5, 5.41) is 15.9. The van der Waals surface area contributed by atoms with Crippen LogP contribution in [-0.2, 0) is 24.9 Å². The third-order valence-electron chi connectivity index (χ3n) is 5.10. The molecule has 0 aromatic carbocycles. The van der Waals surface area contributed by atoms with Gasteiger partial charge in [-0.1, -0.05) is 5.16 Å². The first-order valence-corrected chi connectivity index (χ1v) is 10.1. The zero-order valence-electron chi connectivity index (χ0n) is 18.3. The smallest absolute Gasteiger partial charge is 0.194 e. The Labute approximate surface area is 195 Å². The minimum absolute atomic E-state index is 0. The zero-order chi connectivity index (χ0) is 20.6. The molecule has 0 amide bonds. The Kier molecular flexibility index (Phi) is 9.98. The van der Waals surface area contributed by atoms with Crippen molar-refractivity contribution in [3.63, 3.8) is 0 Å². The summed E-state index contributed by atoms with van der Waals surface area (Å²) < 4.78 is 12.3. The van der Waals surface area contributed by atoms with Crippen LogP contribution in [0.25, 0.3) is 0 Å². The Bertz CT molecular complexity index is 798. The quantitative estimate of drug-likeness (QED) is 0.236. The molecule has 1 aliphatic rings. The minimum Gasteiger partial charge on any atom is -0.385 e.